The molecular weight excluding hydrogens is 408 g/mol. The van der Waals surface area contributed by atoms with E-state index in [-0.39, 0.29) is 12.5 Å². The molecule has 2 aromatic carbocycles. The van der Waals surface area contributed by atoms with E-state index in [0.717, 1.165) is 49.0 Å². The highest BCUT2D eigenvalue weighted by Crippen LogP contribution is 2.23. The van der Waals surface area contributed by atoms with Crippen LogP contribution in [0.25, 0.3) is 11.3 Å². The van der Waals surface area contributed by atoms with E-state index >= 15 is 0 Å². The van der Waals surface area contributed by atoms with Crippen molar-refractivity contribution >= 4 is 17.3 Å². The minimum atomic E-state index is -0.0893. The lowest BCUT2D eigenvalue weighted by atomic mass is 10.2. The Labute approximate surface area is 187 Å². The Kier molecular flexibility index (Phi) is 7.03. The number of nitrogens with zero attached hydrogens (tertiary/aromatic N) is 3. The van der Waals surface area contributed by atoms with E-state index in [1.807, 2.05) is 60.5 Å². The molecule has 1 N–H and O–H groups in total. The molecule has 0 aliphatic carbocycles. The Bertz CT molecular complexity index is 1010. The van der Waals surface area contributed by atoms with E-state index in [0.29, 0.717) is 18.2 Å². The van der Waals surface area contributed by atoms with Crippen LogP contribution in [-0.4, -0.2) is 62.8 Å². The second-order valence-electron chi connectivity index (χ2n) is 7.71. The number of carbonyl (C=O) groups is 1. The third-order valence-electron chi connectivity index (χ3n) is 5.27. The Morgan fingerprint density at radius 1 is 1.12 bits per heavy atom. The molecule has 3 aromatic rings. The second-order valence-corrected chi connectivity index (χ2v) is 7.71. The average Bonchev–Trinajstić information content (AvgIpc) is 3.28. The number of hydrogen-bond donors (Lipinski definition) is 1. The van der Waals surface area contributed by atoms with Crippen molar-refractivity contribution in [2.24, 2.45) is 0 Å². The maximum absolute atomic E-state index is 12.4. The van der Waals surface area contributed by atoms with Crippen molar-refractivity contribution in [1.29, 1.82) is 0 Å². The van der Waals surface area contributed by atoms with Gasteiger partial charge in [0.25, 0.3) is 0 Å². The van der Waals surface area contributed by atoms with Gasteiger partial charge in [-0.2, -0.15) is 0 Å². The van der Waals surface area contributed by atoms with Gasteiger partial charge < -0.3 is 24.1 Å². The summed E-state index contributed by atoms with van der Waals surface area (Å²) < 4.78 is 16.4. The SMILES string of the molecule is COc1ccc(-c2cnc(CN(C)CC(=O)Nc3ccc(N4CCOCC4)cc3)o2)cc1. The first kappa shape index (κ1) is 21.9. The van der Waals surface area contributed by atoms with Crippen LogP contribution in [0.2, 0.25) is 0 Å². The first-order valence-corrected chi connectivity index (χ1v) is 10.6. The maximum atomic E-state index is 12.4. The third kappa shape index (κ3) is 5.66. The molecule has 8 nitrogen and oxygen atoms in total. The minimum Gasteiger partial charge on any atom is -0.497 e. The highest BCUT2D eigenvalue weighted by Gasteiger charge is 2.14. The molecule has 8 heteroatoms. The number of ether oxygens (including phenoxy) is 2. The summed E-state index contributed by atoms with van der Waals surface area (Å²) in [5.41, 5.74) is 2.84. The van der Waals surface area contributed by atoms with E-state index in [1.54, 1.807) is 13.3 Å². The zero-order valence-corrected chi connectivity index (χ0v) is 18.4. The smallest absolute Gasteiger partial charge is 0.238 e. The Balaban J connectivity index is 1.27. The van der Waals surface area contributed by atoms with Crippen LogP contribution < -0.4 is 15.0 Å². The van der Waals surface area contributed by atoms with Crippen LogP contribution in [0, 0.1) is 0 Å². The molecule has 1 fully saturated rings. The van der Waals surface area contributed by atoms with E-state index in [1.165, 1.54) is 0 Å². The third-order valence-corrected chi connectivity index (χ3v) is 5.27. The lowest BCUT2D eigenvalue weighted by molar-refractivity contribution is -0.117. The monoisotopic (exact) mass is 436 g/mol. The topological polar surface area (TPSA) is 80.1 Å². The van der Waals surface area contributed by atoms with Crippen LogP contribution in [0.15, 0.2) is 59.1 Å². The van der Waals surface area contributed by atoms with Crippen LogP contribution >= 0.6 is 0 Å². The number of benzene rings is 2. The molecule has 1 saturated heterocycles. The summed E-state index contributed by atoms with van der Waals surface area (Å²) in [4.78, 5) is 20.9. The van der Waals surface area contributed by atoms with Gasteiger partial charge >= 0.3 is 0 Å². The molecule has 0 saturated carbocycles. The van der Waals surface area contributed by atoms with Crippen molar-refractivity contribution in [3.63, 3.8) is 0 Å². The van der Waals surface area contributed by atoms with E-state index in [9.17, 15) is 4.79 Å². The van der Waals surface area contributed by atoms with E-state index < -0.39 is 0 Å². The number of methoxy groups -OCH3 is 1. The highest BCUT2D eigenvalue weighted by molar-refractivity contribution is 5.92. The van der Waals surface area contributed by atoms with Gasteiger partial charge in [0, 0.05) is 30.0 Å². The molecule has 0 spiro atoms. The fourth-order valence-electron chi connectivity index (χ4n) is 3.58. The molecule has 0 radical (unpaired) electrons. The van der Waals surface area contributed by atoms with Gasteiger partial charge in [0.15, 0.2) is 5.76 Å². The fraction of sp³-hybridized carbons (Fsp3) is 0.333. The first-order valence-electron chi connectivity index (χ1n) is 10.6. The quantitative estimate of drug-likeness (QED) is 0.581. The van der Waals surface area contributed by atoms with Gasteiger partial charge in [0.1, 0.15) is 5.75 Å². The Morgan fingerprint density at radius 2 is 1.84 bits per heavy atom. The molecule has 2 heterocycles. The Morgan fingerprint density at radius 3 is 2.53 bits per heavy atom. The number of amides is 1. The largest absolute Gasteiger partial charge is 0.497 e. The molecule has 0 atom stereocenters. The van der Waals surface area contributed by atoms with Crippen molar-refractivity contribution in [2.75, 3.05) is 57.2 Å². The van der Waals surface area contributed by atoms with Gasteiger partial charge in [-0.25, -0.2) is 4.98 Å². The molecule has 1 aliphatic heterocycles. The zero-order chi connectivity index (χ0) is 22.3. The predicted octanol–water partition coefficient (Wildman–Crippen LogP) is 3.26. The van der Waals surface area contributed by atoms with Gasteiger partial charge in [-0.3, -0.25) is 9.69 Å². The van der Waals surface area contributed by atoms with Crippen molar-refractivity contribution in [3.8, 4) is 17.1 Å². The predicted molar refractivity (Wildman–Crippen MR) is 123 cm³/mol. The molecule has 1 aromatic heterocycles. The van der Waals surface area contributed by atoms with Crippen molar-refractivity contribution in [1.82, 2.24) is 9.88 Å². The fourth-order valence-corrected chi connectivity index (χ4v) is 3.58. The maximum Gasteiger partial charge on any atom is 0.238 e. The van der Waals surface area contributed by atoms with Crippen LogP contribution in [0.5, 0.6) is 5.75 Å². The van der Waals surface area contributed by atoms with Crippen LogP contribution in [0.1, 0.15) is 5.89 Å². The molecule has 1 aliphatic rings. The lowest BCUT2D eigenvalue weighted by Crippen LogP contribution is -2.36. The molecule has 1 amide bonds. The number of hydrogen-bond acceptors (Lipinski definition) is 7. The summed E-state index contributed by atoms with van der Waals surface area (Å²) in [5, 5.41) is 2.94. The molecule has 32 heavy (non-hydrogen) atoms. The number of carbonyl (C=O) groups excluding carboxylic acids is 1. The van der Waals surface area contributed by atoms with Crippen molar-refractivity contribution < 1.29 is 18.7 Å². The standard InChI is InChI=1S/C24H28N4O4/c1-27(17-24-25-15-22(32-24)18-3-9-21(30-2)10-4-18)16-23(29)26-19-5-7-20(8-6-19)28-11-13-31-14-12-28/h3-10,15H,11-14,16-17H2,1-2H3,(H,26,29). The summed E-state index contributed by atoms with van der Waals surface area (Å²) in [6.45, 7) is 3.92. The molecule has 4 rings (SSSR count). The summed E-state index contributed by atoms with van der Waals surface area (Å²) >= 11 is 0. The number of oxazole rings is 1. The van der Waals surface area contributed by atoms with Crippen LogP contribution in [-0.2, 0) is 16.1 Å². The number of morpholine rings is 1. The zero-order valence-electron chi connectivity index (χ0n) is 18.4. The molecule has 168 valence electrons. The number of likely N-dealkylation sites (N-methyl/N-ethyl adjacent to an activating group) is 1. The average molecular weight is 437 g/mol. The minimum absolute atomic E-state index is 0.0893. The van der Waals surface area contributed by atoms with Gasteiger partial charge in [-0.1, -0.05) is 0 Å². The van der Waals surface area contributed by atoms with Crippen molar-refractivity contribution in [3.05, 3.63) is 60.6 Å². The summed E-state index contributed by atoms with van der Waals surface area (Å²) in [5.74, 6) is 1.94. The van der Waals surface area contributed by atoms with E-state index in [2.05, 4.69) is 15.2 Å². The Hall–Kier alpha value is -3.36. The molecular formula is C24H28N4O4. The number of aromatic nitrogens is 1. The lowest BCUT2D eigenvalue weighted by Gasteiger charge is -2.28. The number of rotatable bonds is 8. The van der Waals surface area contributed by atoms with Crippen LogP contribution in [0.4, 0.5) is 11.4 Å². The molecule has 0 unspecified atom stereocenters. The number of anilines is 2. The van der Waals surface area contributed by atoms with Crippen molar-refractivity contribution in [2.45, 2.75) is 6.54 Å². The normalized spacial score (nSPS) is 13.9. The summed E-state index contributed by atoms with van der Waals surface area (Å²) in [7, 11) is 3.49. The van der Waals surface area contributed by atoms with Gasteiger partial charge in [-0.15, -0.1) is 0 Å². The summed E-state index contributed by atoms with van der Waals surface area (Å²) in [6, 6.07) is 15.5. The van der Waals surface area contributed by atoms with Gasteiger partial charge in [-0.05, 0) is 55.6 Å². The highest BCUT2D eigenvalue weighted by atomic mass is 16.5. The molecule has 0 bridgehead atoms. The number of nitrogens with one attached hydrogen (secondary N) is 1. The first-order chi connectivity index (χ1) is 15.6. The van der Waals surface area contributed by atoms with Gasteiger partial charge in [0.2, 0.25) is 11.8 Å². The van der Waals surface area contributed by atoms with Gasteiger partial charge in [0.05, 0.1) is 39.6 Å². The second kappa shape index (κ2) is 10.3. The van der Waals surface area contributed by atoms with E-state index in [4.69, 9.17) is 13.9 Å². The van der Waals surface area contributed by atoms with Crippen LogP contribution in [0.3, 0.4) is 0 Å². The summed E-state index contributed by atoms with van der Waals surface area (Å²) in [6.07, 6.45) is 1.70.